The lowest BCUT2D eigenvalue weighted by Gasteiger charge is -2.40. The van der Waals surface area contributed by atoms with Crippen LogP contribution in [0.2, 0.25) is 0 Å². The quantitative estimate of drug-likeness (QED) is 0.648. The van der Waals surface area contributed by atoms with E-state index >= 15 is 0 Å². The van der Waals surface area contributed by atoms with E-state index in [9.17, 15) is 14.4 Å². The van der Waals surface area contributed by atoms with Gasteiger partial charge in [0.15, 0.2) is 0 Å². The van der Waals surface area contributed by atoms with Gasteiger partial charge in [0, 0.05) is 44.6 Å². The molecule has 2 aliphatic heterocycles. The number of rotatable bonds is 8. The van der Waals surface area contributed by atoms with Crippen molar-refractivity contribution in [3.8, 4) is 0 Å². The van der Waals surface area contributed by atoms with Crippen LogP contribution in [-0.2, 0) is 6.54 Å². The molecule has 7 nitrogen and oxygen atoms in total. The van der Waals surface area contributed by atoms with Gasteiger partial charge in [-0.15, -0.1) is 0 Å². The summed E-state index contributed by atoms with van der Waals surface area (Å²) in [5.41, 5.74) is -0.277. The lowest BCUT2D eigenvalue weighted by molar-refractivity contribution is 0.0588. The highest BCUT2D eigenvalue weighted by Crippen LogP contribution is 2.21. The maximum atomic E-state index is 13.4. The number of nitrogens with one attached hydrogen (secondary N) is 1. The Morgan fingerprint density at radius 1 is 0.939 bits per heavy atom. The fraction of sp³-hybridized carbons (Fsp3) is 0.731. The molecule has 3 heterocycles. The Kier molecular flexibility index (Phi) is 9.12. The molecule has 33 heavy (non-hydrogen) atoms. The van der Waals surface area contributed by atoms with Crippen molar-refractivity contribution in [3.05, 3.63) is 33.7 Å². The number of aromatic nitrogens is 1. The lowest BCUT2D eigenvalue weighted by Crippen LogP contribution is -2.49. The summed E-state index contributed by atoms with van der Waals surface area (Å²) in [6.45, 7) is 13.1. The minimum absolute atomic E-state index is 0.0634. The molecule has 2 saturated heterocycles. The Morgan fingerprint density at radius 2 is 1.58 bits per heavy atom. The molecule has 0 unspecified atom stereocenters. The van der Waals surface area contributed by atoms with Crippen molar-refractivity contribution in [1.82, 2.24) is 19.7 Å². The average molecular weight is 459 g/mol. The van der Waals surface area contributed by atoms with Crippen LogP contribution in [-0.4, -0.2) is 64.9 Å². The van der Waals surface area contributed by atoms with Gasteiger partial charge >= 0.3 is 0 Å². The smallest absolute Gasteiger partial charge is 0.259 e. The Balaban J connectivity index is 1.77. The summed E-state index contributed by atoms with van der Waals surface area (Å²) in [7, 11) is 0. The Labute approximate surface area is 198 Å². The maximum Gasteiger partial charge on any atom is 0.259 e. The van der Waals surface area contributed by atoms with Crippen molar-refractivity contribution in [2.75, 3.05) is 32.7 Å². The summed E-state index contributed by atoms with van der Waals surface area (Å²) in [5, 5.41) is 2.84. The van der Waals surface area contributed by atoms with Crippen LogP contribution in [0.1, 0.15) is 86.9 Å². The molecular weight excluding hydrogens is 416 g/mol. The van der Waals surface area contributed by atoms with E-state index in [1.807, 2.05) is 18.4 Å². The summed E-state index contributed by atoms with van der Waals surface area (Å²) in [6, 6.07) is 0.533. The van der Waals surface area contributed by atoms with Crippen molar-refractivity contribution in [3.63, 3.8) is 0 Å². The first-order chi connectivity index (χ1) is 15.8. The number of hydrogen-bond acceptors (Lipinski definition) is 4. The number of likely N-dealkylation sites (tertiary alicyclic amines) is 2. The number of nitrogens with zero attached hydrogens (tertiary/aromatic N) is 3. The van der Waals surface area contributed by atoms with Gasteiger partial charge in [-0.2, -0.15) is 0 Å². The number of aryl methyl sites for hydroxylation is 1. The molecule has 0 bridgehead atoms. The van der Waals surface area contributed by atoms with Crippen LogP contribution in [0.4, 0.5) is 0 Å². The molecule has 2 amide bonds. The number of carbonyl (C=O) groups excluding carboxylic acids is 2. The van der Waals surface area contributed by atoms with Crippen LogP contribution in [0.5, 0.6) is 0 Å². The molecule has 184 valence electrons. The molecule has 1 aromatic rings. The topological polar surface area (TPSA) is 74.6 Å². The van der Waals surface area contributed by atoms with Crippen molar-refractivity contribution in [2.45, 2.75) is 78.8 Å². The minimum Gasteiger partial charge on any atom is -0.352 e. The maximum absolute atomic E-state index is 13.4. The van der Waals surface area contributed by atoms with E-state index in [1.165, 1.54) is 19.3 Å². The fourth-order valence-corrected chi connectivity index (χ4v) is 4.76. The van der Waals surface area contributed by atoms with Gasteiger partial charge < -0.3 is 19.7 Å². The predicted octanol–water partition coefficient (Wildman–Crippen LogP) is 3.37. The zero-order valence-electron chi connectivity index (χ0n) is 20.9. The molecule has 1 N–H and O–H groups in total. The molecule has 0 aromatic carbocycles. The van der Waals surface area contributed by atoms with Gasteiger partial charge in [-0.1, -0.05) is 34.1 Å². The van der Waals surface area contributed by atoms with Crippen molar-refractivity contribution >= 4 is 11.8 Å². The van der Waals surface area contributed by atoms with E-state index in [-0.39, 0.29) is 23.0 Å². The first-order valence-electron chi connectivity index (χ1n) is 12.8. The fourth-order valence-electron chi connectivity index (χ4n) is 4.76. The van der Waals surface area contributed by atoms with E-state index in [4.69, 9.17) is 0 Å². The van der Waals surface area contributed by atoms with E-state index in [0.717, 1.165) is 32.4 Å². The van der Waals surface area contributed by atoms with Gasteiger partial charge in [0.05, 0.1) is 0 Å². The lowest BCUT2D eigenvalue weighted by atomic mass is 9.99. The Hall–Kier alpha value is -2.15. The van der Waals surface area contributed by atoms with Gasteiger partial charge in [-0.25, -0.2) is 0 Å². The molecule has 0 saturated carbocycles. The normalized spacial score (nSPS) is 18.2. The zero-order valence-corrected chi connectivity index (χ0v) is 20.9. The first kappa shape index (κ1) is 25.5. The third kappa shape index (κ3) is 6.92. The predicted molar refractivity (Wildman–Crippen MR) is 132 cm³/mol. The molecule has 3 rings (SSSR count). The highest BCUT2D eigenvalue weighted by molar-refractivity contribution is 5.99. The second kappa shape index (κ2) is 11.8. The minimum atomic E-state index is -0.458. The first-order valence-corrected chi connectivity index (χ1v) is 12.8. The highest BCUT2D eigenvalue weighted by atomic mass is 16.2. The Morgan fingerprint density at radius 3 is 2.18 bits per heavy atom. The molecule has 7 heteroatoms. The van der Waals surface area contributed by atoms with Gasteiger partial charge in [0.2, 0.25) is 5.43 Å². The van der Waals surface area contributed by atoms with Gasteiger partial charge in [0.25, 0.3) is 11.8 Å². The molecule has 0 atom stereocenters. The van der Waals surface area contributed by atoms with E-state index in [2.05, 4.69) is 24.1 Å². The largest absolute Gasteiger partial charge is 0.352 e. The molecule has 1 aromatic heterocycles. The molecule has 2 fully saturated rings. The standard InChI is InChI=1S/C26H42N4O3/c1-19(2)8-13-28-17-22(25(32)27-16-20(3)4)24(31)23(18-28)26(33)30-14-9-21(10-15-30)29-11-6-5-7-12-29/h17-21H,5-16H2,1-4H3,(H,27,32). The third-order valence-corrected chi connectivity index (χ3v) is 6.85. The van der Waals surface area contributed by atoms with Crippen LogP contribution < -0.4 is 10.7 Å². The second-order valence-electron chi connectivity index (χ2n) is 10.6. The monoisotopic (exact) mass is 458 g/mol. The third-order valence-electron chi connectivity index (χ3n) is 6.85. The summed E-state index contributed by atoms with van der Waals surface area (Å²) < 4.78 is 1.85. The van der Waals surface area contributed by atoms with Crippen LogP contribution >= 0.6 is 0 Å². The van der Waals surface area contributed by atoms with Crippen LogP contribution in [0.15, 0.2) is 17.2 Å². The van der Waals surface area contributed by atoms with Crippen molar-refractivity contribution < 1.29 is 9.59 Å². The van der Waals surface area contributed by atoms with Crippen LogP contribution in [0.3, 0.4) is 0 Å². The number of piperidine rings is 2. The van der Waals surface area contributed by atoms with Gasteiger partial charge in [-0.3, -0.25) is 14.4 Å². The summed E-state index contributed by atoms with van der Waals surface area (Å²) in [4.78, 5) is 43.8. The molecule has 0 aliphatic carbocycles. The molecule has 0 spiro atoms. The number of hydrogen-bond donors (Lipinski definition) is 1. The summed E-state index contributed by atoms with van der Waals surface area (Å²) >= 11 is 0. The van der Waals surface area contributed by atoms with E-state index < -0.39 is 11.3 Å². The van der Waals surface area contributed by atoms with E-state index in [0.29, 0.717) is 38.1 Å². The number of amides is 2. The Bertz CT molecular complexity index is 863. The number of pyridine rings is 1. The zero-order chi connectivity index (χ0) is 24.0. The SMILES string of the molecule is CC(C)CCn1cc(C(=O)NCC(C)C)c(=O)c(C(=O)N2CCC(N3CCCCC3)CC2)c1. The summed E-state index contributed by atoms with van der Waals surface area (Å²) in [6.07, 6.45) is 9.91. The molecule has 2 aliphatic rings. The average Bonchev–Trinajstić information content (AvgIpc) is 2.82. The molecular formula is C26H42N4O3. The highest BCUT2D eigenvalue weighted by Gasteiger charge is 2.30. The van der Waals surface area contributed by atoms with Crippen molar-refractivity contribution in [2.24, 2.45) is 11.8 Å². The number of carbonyl (C=O) groups is 2. The molecule has 0 radical (unpaired) electrons. The summed E-state index contributed by atoms with van der Waals surface area (Å²) in [5.74, 6) is 0.123. The van der Waals surface area contributed by atoms with Crippen LogP contribution in [0.25, 0.3) is 0 Å². The van der Waals surface area contributed by atoms with Gasteiger partial charge in [-0.05, 0) is 57.0 Å². The van der Waals surface area contributed by atoms with Gasteiger partial charge in [0.1, 0.15) is 11.1 Å². The van der Waals surface area contributed by atoms with Crippen molar-refractivity contribution in [1.29, 1.82) is 0 Å². The van der Waals surface area contributed by atoms with E-state index in [1.54, 1.807) is 17.3 Å². The second-order valence-corrected chi connectivity index (χ2v) is 10.6. The van der Waals surface area contributed by atoms with Crippen LogP contribution in [0, 0.1) is 11.8 Å².